The first-order chi connectivity index (χ1) is 9.08. The first-order valence-electron chi connectivity index (χ1n) is 7.42. The van der Waals surface area contributed by atoms with Crippen molar-refractivity contribution in [3.8, 4) is 0 Å². The van der Waals surface area contributed by atoms with Gasteiger partial charge in [-0.1, -0.05) is 31.2 Å². The van der Waals surface area contributed by atoms with Crippen molar-refractivity contribution in [2.45, 2.75) is 57.0 Å². The van der Waals surface area contributed by atoms with Crippen LogP contribution < -0.4 is 0 Å². The summed E-state index contributed by atoms with van der Waals surface area (Å²) in [7, 11) is 0. The number of Topliss-reactive ketones (excluding diaryl/α,β-unsaturated/α-hetero) is 1. The molecule has 2 aliphatic rings. The molecule has 0 amide bonds. The summed E-state index contributed by atoms with van der Waals surface area (Å²) >= 11 is 0. The number of hydrogen-bond acceptors (Lipinski definition) is 2. The second-order valence-electron chi connectivity index (χ2n) is 6.44. The third-order valence-electron chi connectivity index (χ3n) is 5.01. The maximum atomic E-state index is 12.4. The average molecular weight is 258 g/mol. The third kappa shape index (κ3) is 2.34. The fourth-order valence-corrected chi connectivity index (χ4v) is 3.48. The Morgan fingerprint density at radius 3 is 2.68 bits per heavy atom. The number of aliphatic hydroxyl groups is 1. The molecule has 0 radical (unpaired) electrons. The quantitative estimate of drug-likeness (QED) is 0.903. The molecule has 0 bridgehead atoms. The first kappa shape index (κ1) is 12.9. The number of fused-ring (bicyclic) bond motifs is 1. The molecule has 1 fully saturated rings. The molecule has 1 N–H and O–H groups in total. The summed E-state index contributed by atoms with van der Waals surface area (Å²) in [6.45, 7) is 2.20. The summed E-state index contributed by atoms with van der Waals surface area (Å²) in [5.41, 5.74) is 1.64. The van der Waals surface area contributed by atoms with Crippen molar-refractivity contribution in [2.24, 2.45) is 5.92 Å². The van der Waals surface area contributed by atoms with E-state index in [-0.39, 0.29) is 5.78 Å². The molecule has 1 aromatic rings. The molecular weight excluding hydrogens is 236 g/mol. The van der Waals surface area contributed by atoms with Gasteiger partial charge in [-0.3, -0.25) is 4.79 Å². The van der Waals surface area contributed by atoms with E-state index in [0.29, 0.717) is 31.1 Å². The lowest BCUT2D eigenvalue weighted by atomic mass is 9.70. The molecule has 2 aliphatic carbocycles. The number of hydrogen-bond donors (Lipinski definition) is 1. The molecule has 0 aromatic heterocycles. The van der Waals surface area contributed by atoms with Gasteiger partial charge >= 0.3 is 0 Å². The molecule has 0 aliphatic heterocycles. The van der Waals surface area contributed by atoms with Gasteiger partial charge < -0.3 is 5.11 Å². The zero-order chi connectivity index (χ0) is 13.5. The summed E-state index contributed by atoms with van der Waals surface area (Å²) in [4.78, 5) is 12.4. The topological polar surface area (TPSA) is 37.3 Å². The molecule has 1 aromatic carbocycles. The van der Waals surface area contributed by atoms with Crippen LogP contribution in [0.1, 0.15) is 56.1 Å². The van der Waals surface area contributed by atoms with E-state index in [1.165, 1.54) is 11.1 Å². The zero-order valence-electron chi connectivity index (χ0n) is 11.6. The molecule has 1 unspecified atom stereocenters. The van der Waals surface area contributed by atoms with Gasteiger partial charge in [0.1, 0.15) is 5.60 Å². The highest BCUT2D eigenvalue weighted by atomic mass is 16.3. The Bertz CT molecular complexity index is 484. The van der Waals surface area contributed by atoms with Gasteiger partial charge in [0.05, 0.1) is 0 Å². The van der Waals surface area contributed by atoms with E-state index in [0.717, 1.165) is 19.3 Å². The SMILES string of the molecule is CC1CCC(O)(C(=O)CC2Cc3ccccc32)CC1. The maximum Gasteiger partial charge on any atom is 0.164 e. The Balaban J connectivity index is 1.64. The summed E-state index contributed by atoms with van der Waals surface area (Å²) in [5, 5.41) is 10.5. The Morgan fingerprint density at radius 2 is 2.00 bits per heavy atom. The fraction of sp³-hybridized carbons (Fsp3) is 0.588. The molecule has 3 rings (SSSR count). The number of carbonyl (C=O) groups excluding carboxylic acids is 1. The summed E-state index contributed by atoms with van der Waals surface area (Å²) in [5.74, 6) is 1.06. The van der Waals surface area contributed by atoms with Crippen LogP contribution >= 0.6 is 0 Å². The lowest BCUT2D eigenvalue weighted by Gasteiger charge is -2.36. The zero-order valence-corrected chi connectivity index (χ0v) is 11.6. The largest absolute Gasteiger partial charge is 0.382 e. The highest BCUT2D eigenvalue weighted by molar-refractivity contribution is 5.88. The number of ketones is 1. The van der Waals surface area contributed by atoms with Gasteiger partial charge in [-0.2, -0.15) is 0 Å². The molecular formula is C17H22O2. The molecule has 0 spiro atoms. The van der Waals surface area contributed by atoms with Crippen LogP contribution in [0.25, 0.3) is 0 Å². The van der Waals surface area contributed by atoms with Crippen molar-refractivity contribution in [1.82, 2.24) is 0 Å². The molecule has 0 saturated heterocycles. The first-order valence-corrected chi connectivity index (χ1v) is 7.42. The van der Waals surface area contributed by atoms with Crippen LogP contribution in [0.15, 0.2) is 24.3 Å². The molecule has 102 valence electrons. The van der Waals surface area contributed by atoms with E-state index >= 15 is 0 Å². The normalized spacial score (nSPS) is 33.4. The third-order valence-corrected chi connectivity index (χ3v) is 5.01. The molecule has 0 heterocycles. The summed E-state index contributed by atoms with van der Waals surface area (Å²) in [6, 6.07) is 8.33. The van der Waals surface area contributed by atoms with Crippen molar-refractivity contribution in [2.75, 3.05) is 0 Å². The van der Waals surface area contributed by atoms with Crippen LogP contribution in [0.2, 0.25) is 0 Å². The minimum absolute atomic E-state index is 0.0684. The van der Waals surface area contributed by atoms with Crippen LogP contribution in [-0.2, 0) is 11.2 Å². The summed E-state index contributed by atoms with van der Waals surface area (Å²) in [6.07, 6.45) is 4.77. The van der Waals surface area contributed by atoms with Gasteiger partial charge in [0.25, 0.3) is 0 Å². The van der Waals surface area contributed by atoms with Crippen LogP contribution in [0.5, 0.6) is 0 Å². The second-order valence-corrected chi connectivity index (χ2v) is 6.44. The van der Waals surface area contributed by atoms with Crippen LogP contribution in [0, 0.1) is 5.92 Å². The minimum Gasteiger partial charge on any atom is -0.382 e. The van der Waals surface area contributed by atoms with Gasteiger partial charge in [-0.25, -0.2) is 0 Å². The highest BCUT2D eigenvalue weighted by Gasteiger charge is 2.40. The standard InChI is InChI=1S/C17H22O2/c1-12-6-8-17(19,9-7-12)16(18)11-14-10-13-4-2-3-5-15(13)14/h2-5,12,14,19H,6-11H2,1H3. The molecule has 1 atom stereocenters. The van der Waals surface area contributed by atoms with Gasteiger partial charge in [0.15, 0.2) is 5.78 Å². The average Bonchev–Trinajstić information content (AvgIpc) is 2.39. The Kier molecular flexibility index (Phi) is 3.22. The van der Waals surface area contributed by atoms with Gasteiger partial charge in [0, 0.05) is 6.42 Å². The highest BCUT2D eigenvalue weighted by Crippen LogP contribution is 2.40. The number of rotatable bonds is 3. The number of carbonyl (C=O) groups is 1. The van der Waals surface area contributed by atoms with E-state index < -0.39 is 5.60 Å². The van der Waals surface area contributed by atoms with Crippen molar-refractivity contribution in [3.63, 3.8) is 0 Å². The molecule has 2 nitrogen and oxygen atoms in total. The monoisotopic (exact) mass is 258 g/mol. The van der Waals surface area contributed by atoms with E-state index in [1.807, 2.05) is 12.1 Å². The molecule has 2 heteroatoms. The van der Waals surface area contributed by atoms with E-state index in [4.69, 9.17) is 0 Å². The van der Waals surface area contributed by atoms with Gasteiger partial charge in [-0.15, -0.1) is 0 Å². The predicted octanol–water partition coefficient (Wildman–Crippen LogP) is 3.23. The van der Waals surface area contributed by atoms with Crippen molar-refractivity contribution in [3.05, 3.63) is 35.4 Å². The Morgan fingerprint density at radius 1 is 1.32 bits per heavy atom. The van der Waals surface area contributed by atoms with Crippen molar-refractivity contribution < 1.29 is 9.90 Å². The fourth-order valence-electron chi connectivity index (χ4n) is 3.48. The maximum absolute atomic E-state index is 12.4. The van der Waals surface area contributed by atoms with Gasteiger partial charge in [-0.05, 0) is 55.1 Å². The minimum atomic E-state index is -1.03. The molecule has 1 saturated carbocycles. The Labute approximate surface area is 114 Å². The predicted molar refractivity (Wildman–Crippen MR) is 75.1 cm³/mol. The lowest BCUT2D eigenvalue weighted by molar-refractivity contribution is -0.142. The Hall–Kier alpha value is -1.15. The second kappa shape index (κ2) is 4.75. The van der Waals surface area contributed by atoms with E-state index in [2.05, 4.69) is 19.1 Å². The van der Waals surface area contributed by atoms with Crippen molar-refractivity contribution in [1.29, 1.82) is 0 Å². The smallest absolute Gasteiger partial charge is 0.164 e. The van der Waals surface area contributed by atoms with Gasteiger partial charge in [0.2, 0.25) is 0 Å². The number of benzene rings is 1. The molecule has 19 heavy (non-hydrogen) atoms. The van der Waals surface area contributed by atoms with Crippen LogP contribution in [-0.4, -0.2) is 16.5 Å². The summed E-state index contributed by atoms with van der Waals surface area (Å²) < 4.78 is 0. The van der Waals surface area contributed by atoms with Crippen LogP contribution in [0.4, 0.5) is 0 Å². The lowest BCUT2D eigenvalue weighted by Crippen LogP contribution is -2.43. The van der Waals surface area contributed by atoms with E-state index in [9.17, 15) is 9.90 Å². The van der Waals surface area contributed by atoms with Crippen molar-refractivity contribution >= 4 is 5.78 Å². The van der Waals surface area contributed by atoms with E-state index in [1.54, 1.807) is 0 Å². The van der Waals surface area contributed by atoms with Crippen LogP contribution in [0.3, 0.4) is 0 Å².